The number of aliphatic imine (C=N–C) groups is 1. The van der Waals surface area contributed by atoms with E-state index in [0.717, 1.165) is 11.1 Å². The summed E-state index contributed by atoms with van der Waals surface area (Å²) in [6.45, 7) is 5.94. The van der Waals surface area contributed by atoms with Crippen LogP contribution in [-0.2, 0) is 19.1 Å². The second-order valence-electron chi connectivity index (χ2n) is 7.55. The second kappa shape index (κ2) is 6.26. The minimum absolute atomic E-state index is 0.261. The van der Waals surface area contributed by atoms with Crippen molar-refractivity contribution < 1.29 is 19.1 Å². The standard InChI is InChI=1S/C19H24N2O4/c1-18(2,3)25-17(23)14-11-21-19-6-8-20-7-5-13(19)9-12(10-15(14)19)16(22)24-4/h5-8,12,21H,9-11H2,1-4H3. The van der Waals surface area contributed by atoms with Crippen molar-refractivity contribution in [2.24, 2.45) is 10.9 Å². The van der Waals surface area contributed by atoms with E-state index in [1.807, 2.05) is 32.9 Å². The van der Waals surface area contributed by atoms with Crippen LogP contribution in [0.1, 0.15) is 33.6 Å². The Morgan fingerprint density at radius 3 is 2.76 bits per heavy atom. The number of carbonyl (C=O) groups is 2. The van der Waals surface area contributed by atoms with Crippen LogP contribution in [0.25, 0.3) is 0 Å². The number of hydrogen-bond acceptors (Lipinski definition) is 6. The van der Waals surface area contributed by atoms with Crippen LogP contribution in [0.15, 0.2) is 40.1 Å². The summed E-state index contributed by atoms with van der Waals surface area (Å²) in [5.41, 5.74) is 1.36. The molecule has 1 fully saturated rings. The van der Waals surface area contributed by atoms with E-state index in [2.05, 4.69) is 10.3 Å². The van der Waals surface area contributed by atoms with Crippen molar-refractivity contribution in [2.45, 2.75) is 44.8 Å². The normalized spacial score (nSPS) is 28.0. The van der Waals surface area contributed by atoms with E-state index < -0.39 is 11.1 Å². The smallest absolute Gasteiger partial charge is 0.335 e. The van der Waals surface area contributed by atoms with E-state index in [1.54, 1.807) is 12.4 Å². The van der Waals surface area contributed by atoms with Gasteiger partial charge in [0.25, 0.3) is 0 Å². The third-order valence-corrected chi connectivity index (χ3v) is 4.76. The van der Waals surface area contributed by atoms with Crippen LogP contribution in [0.2, 0.25) is 0 Å². The lowest BCUT2D eigenvalue weighted by Crippen LogP contribution is -2.47. The molecule has 3 rings (SSSR count). The Morgan fingerprint density at radius 2 is 2.08 bits per heavy atom. The highest BCUT2D eigenvalue weighted by atomic mass is 16.6. The first-order valence-electron chi connectivity index (χ1n) is 8.46. The van der Waals surface area contributed by atoms with E-state index in [-0.39, 0.29) is 17.9 Å². The SMILES string of the molecule is COC(=O)C1CC2=CC=NC=CC23NCC(C(=O)OC(C)(C)C)=C3C1. The topological polar surface area (TPSA) is 77.0 Å². The zero-order chi connectivity index (χ0) is 18.2. The number of allylic oxidation sites excluding steroid dienone is 1. The molecule has 6 nitrogen and oxygen atoms in total. The van der Waals surface area contributed by atoms with E-state index >= 15 is 0 Å². The summed E-state index contributed by atoms with van der Waals surface area (Å²) >= 11 is 0. The molecular formula is C19H24N2O4. The number of ether oxygens (including phenoxy) is 2. The van der Waals surface area contributed by atoms with Crippen molar-refractivity contribution in [3.05, 3.63) is 35.1 Å². The van der Waals surface area contributed by atoms with Crippen molar-refractivity contribution in [1.82, 2.24) is 5.32 Å². The molecule has 2 aliphatic heterocycles. The van der Waals surface area contributed by atoms with Crippen LogP contribution in [0.4, 0.5) is 0 Å². The van der Waals surface area contributed by atoms with Gasteiger partial charge in [-0.3, -0.25) is 15.1 Å². The van der Waals surface area contributed by atoms with Gasteiger partial charge in [0, 0.05) is 19.0 Å². The first-order chi connectivity index (χ1) is 11.8. The molecule has 2 unspecified atom stereocenters. The average molecular weight is 344 g/mol. The lowest BCUT2D eigenvalue weighted by atomic mass is 9.69. The first kappa shape index (κ1) is 17.6. The summed E-state index contributed by atoms with van der Waals surface area (Å²) in [6, 6.07) is 0. The van der Waals surface area contributed by atoms with Crippen molar-refractivity contribution in [3.63, 3.8) is 0 Å². The highest BCUT2D eigenvalue weighted by Crippen LogP contribution is 2.47. The maximum Gasteiger partial charge on any atom is 0.335 e. The Bertz CT molecular complexity index is 724. The van der Waals surface area contributed by atoms with Gasteiger partial charge in [0.15, 0.2) is 0 Å². The Balaban J connectivity index is 2.05. The molecule has 1 saturated carbocycles. The molecule has 2 atom stereocenters. The van der Waals surface area contributed by atoms with Crippen molar-refractivity contribution in [3.8, 4) is 0 Å². The van der Waals surface area contributed by atoms with Crippen LogP contribution < -0.4 is 5.32 Å². The molecular weight excluding hydrogens is 320 g/mol. The third-order valence-electron chi connectivity index (χ3n) is 4.76. The molecule has 0 aromatic carbocycles. The molecule has 134 valence electrons. The minimum atomic E-state index is -0.572. The van der Waals surface area contributed by atoms with Crippen LogP contribution in [0, 0.1) is 5.92 Å². The van der Waals surface area contributed by atoms with Gasteiger partial charge in [0.2, 0.25) is 0 Å². The van der Waals surface area contributed by atoms with Gasteiger partial charge in [-0.15, -0.1) is 0 Å². The predicted octanol–water partition coefficient (Wildman–Crippen LogP) is 2.07. The largest absolute Gasteiger partial charge is 0.469 e. The fraction of sp³-hybridized carbons (Fsp3) is 0.526. The maximum absolute atomic E-state index is 12.7. The summed E-state index contributed by atoms with van der Waals surface area (Å²) in [7, 11) is 1.39. The van der Waals surface area contributed by atoms with Crippen molar-refractivity contribution in [1.29, 1.82) is 0 Å². The van der Waals surface area contributed by atoms with Crippen LogP contribution in [0.5, 0.6) is 0 Å². The number of carbonyl (C=O) groups excluding carboxylic acids is 2. The van der Waals surface area contributed by atoms with E-state index in [0.29, 0.717) is 25.0 Å². The zero-order valence-corrected chi connectivity index (χ0v) is 15.1. The lowest BCUT2D eigenvalue weighted by molar-refractivity contribution is -0.150. The van der Waals surface area contributed by atoms with Crippen LogP contribution in [0.3, 0.4) is 0 Å². The predicted molar refractivity (Wildman–Crippen MR) is 94.1 cm³/mol. The Labute approximate surface area is 147 Å². The Hall–Kier alpha value is -2.21. The minimum Gasteiger partial charge on any atom is -0.469 e. The summed E-state index contributed by atoms with van der Waals surface area (Å²) in [5.74, 6) is -0.908. The number of nitrogens with one attached hydrogen (secondary N) is 1. The van der Waals surface area contributed by atoms with E-state index in [9.17, 15) is 9.59 Å². The molecule has 2 heterocycles. The molecule has 0 aromatic heterocycles. The number of methoxy groups -OCH3 is 1. The highest BCUT2D eigenvalue weighted by molar-refractivity contribution is 5.93. The first-order valence-corrected chi connectivity index (χ1v) is 8.46. The Morgan fingerprint density at radius 1 is 1.32 bits per heavy atom. The monoisotopic (exact) mass is 344 g/mol. The summed E-state index contributed by atoms with van der Waals surface area (Å²) in [6.07, 6.45) is 8.36. The summed E-state index contributed by atoms with van der Waals surface area (Å²) in [4.78, 5) is 29.1. The van der Waals surface area contributed by atoms with Crippen LogP contribution in [-0.4, -0.2) is 42.9 Å². The van der Waals surface area contributed by atoms with Gasteiger partial charge in [-0.25, -0.2) is 4.79 Å². The molecule has 25 heavy (non-hydrogen) atoms. The molecule has 0 aromatic rings. The molecule has 3 aliphatic rings. The third kappa shape index (κ3) is 3.18. The molecule has 0 radical (unpaired) electrons. The number of hydrogen-bond donors (Lipinski definition) is 1. The van der Waals surface area contributed by atoms with E-state index in [4.69, 9.17) is 9.47 Å². The van der Waals surface area contributed by atoms with Crippen molar-refractivity contribution in [2.75, 3.05) is 13.7 Å². The van der Waals surface area contributed by atoms with Gasteiger partial charge in [0.05, 0.1) is 24.1 Å². The molecule has 1 N–H and O–H groups in total. The molecule has 1 aliphatic carbocycles. The lowest BCUT2D eigenvalue weighted by Gasteiger charge is -2.39. The molecule has 0 amide bonds. The molecule has 0 saturated heterocycles. The van der Waals surface area contributed by atoms with Gasteiger partial charge in [0.1, 0.15) is 5.60 Å². The number of rotatable bonds is 2. The second-order valence-corrected chi connectivity index (χ2v) is 7.55. The quantitative estimate of drug-likeness (QED) is 0.776. The van der Waals surface area contributed by atoms with Gasteiger partial charge >= 0.3 is 11.9 Å². The van der Waals surface area contributed by atoms with Gasteiger partial charge < -0.3 is 9.47 Å². The molecule has 6 heteroatoms. The average Bonchev–Trinajstić information content (AvgIpc) is 2.78. The van der Waals surface area contributed by atoms with E-state index in [1.165, 1.54) is 7.11 Å². The fourth-order valence-electron chi connectivity index (χ4n) is 3.69. The molecule has 0 bridgehead atoms. The zero-order valence-electron chi connectivity index (χ0n) is 15.1. The number of esters is 2. The number of nitrogens with zero attached hydrogens (tertiary/aromatic N) is 1. The maximum atomic E-state index is 12.7. The fourth-order valence-corrected chi connectivity index (χ4v) is 3.69. The molecule has 1 spiro atoms. The van der Waals surface area contributed by atoms with Crippen LogP contribution >= 0.6 is 0 Å². The van der Waals surface area contributed by atoms with Crippen molar-refractivity contribution >= 4 is 18.2 Å². The summed E-state index contributed by atoms with van der Waals surface area (Å²) < 4.78 is 10.5. The van der Waals surface area contributed by atoms with Gasteiger partial charge in [-0.05, 0) is 56.9 Å². The highest BCUT2D eigenvalue weighted by Gasteiger charge is 2.49. The van der Waals surface area contributed by atoms with Gasteiger partial charge in [-0.1, -0.05) is 0 Å². The summed E-state index contributed by atoms with van der Waals surface area (Å²) in [5, 5.41) is 3.45. The van der Waals surface area contributed by atoms with Gasteiger partial charge in [-0.2, -0.15) is 0 Å². The Kier molecular flexibility index (Phi) is 4.41.